The molecule has 0 aliphatic heterocycles. The van der Waals surface area contributed by atoms with E-state index in [1.165, 1.54) is 38.3 Å². The van der Waals surface area contributed by atoms with Gasteiger partial charge < -0.3 is 0 Å². The van der Waals surface area contributed by atoms with Crippen LogP contribution in [0.15, 0.2) is 78.9 Å². The van der Waals surface area contributed by atoms with Crippen molar-refractivity contribution < 1.29 is 0 Å². The van der Waals surface area contributed by atoms with Crippen molar-refractivity contribution in [2.45, 2.75) is 12.8 Å². The van der Waals surface area contributed by atoms with Gasteiger partial charge in [0, 0.05) is 10.9 Å². The largest absolute Gasteiger partial charge is 0.280 e. The van der Waals surface area contributed by atoms with Gasteiger partial charge in [-0.15, -0.1) is 0 Å². The molecule has 0 saturated carbocycles. The van der Waals surface area contributed by atoms with Crippen LogP contribution in [0.5, 0.6) is 0 Å². The third kappa shape index (κ3) is 2.32. The van der Waals surface area contributed by atoms with Crippen molar-refractivity contribution in [1.29, 1.82) is 0 Å². The summed E-state index contributed by atoms with van der Waals surface area (Å²) in [4.78, 5) is 10.4. The molecule has 0 N–H and O–H groups in total. The molecule has 0 radical (unpaired) electrons. The van der Waals surface area contributed by atoms with Crippen LogP contribution < -0.4 is 5.46 Å². The van der Waals surface area contributed by atoms with Gasteiger partial charge in [-0.3, -0.25) is 4.40 Å². The lowest BCUT2D eigenvalue weighted by Crippen LogP contribution is -2.09. The molecule has 2 aromatic heterocycles. The molecule has 0 unspecified atom stereocenters. The second-order valence-corrected chi connectivity index (χ2v) is 8.59. The highest BCUT2D eigenvalue weighted by molar-refractivity contribution is 6.46. The van der Waals surface area contributed by atoms with E-state index in [1.807, 2.05) is 0 Å². The zero-order valence-corrected chi connectivity index (χ0v) is 17.8. The monoisotopic (exact) mass is 409 g/mol. The normalized spacial score (nSPS) is 13.4. The number of allylic oxidation sites excluding steroid dienone is 1. The molecule has 6 aromatic rings. The molecule has 1 aliphatic rings. The van der Waals surface area contributed by atoms with Crippen LogP contribution in [0.25, 0.3) is 55.6 Å². The predicted octanol–water partition coefficient (Wildman–Crippen LogP) is 5.07. The van der Waals surface area contributed by atoms with Crippen molar-refractivity contribution in [2.75, 3.05) is 0 Å². The van der Waals surface area contributed by atoms with Crippen molar-refractivity contribution in [3.63, 3.8) is 0 Å². The van der Waals surface area contributed by atoms with Crippen molar-refractivity contribution >= 4 is 57.5 Å². The number of para-hydroxylation sites is 1. The standard InChI is InChI=1S/C28H20BN3/c29-26-19-11-3-1-9-17(19)25(18-10-2-4-12-20(18)26)28-30-22-14-6-5-13-21(22)27-31-23-15-7-8-16-24(23)32(27)28/h1-7,9-15H,8,16,29H2. The Bertz CT molecular complexity index is 1690. The second-order valence-electron chi connectivity index (χ2n) is 8.59. The molecular weight excluding hydrogens is 389 g/mol. The van der Waals surface area contributed by atoms with Crippen molar-refractivity contribution in [3.8, 4) is 11.4 Å². The molecule has 0 spiro atoms. The lowest BCUT2D eigenvalue weighted by atomic mass is 9.82. The van der Waals surface area contributed by atoms with Crippen LogP contribution in [0.3, 0.4) is 0 Å². The molecule has 1 aliphatic carbocycles. The van der Waals surface area contributed by atoms with E-state index in [0.29, 0.717) is 0 Å². The summed E-state index contributed by atoms with van der Waals surface area (Å²) in [5.74, 6) is 0.982. The van der Waals surface area contributed by atoms with Crippen LogP contribution in [-0.4, -0.2) is 22.2 Å². The Kier molecular flexibility index (Phi) is 3.62. The first kappa shape index (κ1) is 17.7. The van der Waals surface area contributed by atoms with Gasteiger partial charge in [-0.05, 0) is 52.6 Å². The Morgan fingerprint density at radius 3 is 2.06 bits per heavy atom. The molecule has 0 amide bonds. The molecule has 0 saturated heterocycles. The van der Waals surface area contributed by atoms with Gasteiger partial charge in [-0.1, -0.05) is 72.2 Å². The van der Waals surface area contributed by atoms with E-state index in [4.69, 9.17) is 9.97 Å². The highest BCUT2D eigenvalue weighted by Crippen LogP contribution is 2.37. The number of benzene rings is 4. The molecule has 7 rings (SSSR count). The summed E-state index contributed by atoms with van der Waals surface area (Å²) in [6.45, 7) is 0. The molecule has 150 valence electrons. The maximum Gasteiger partial charge on any atom is 0.148 e. The molecule has 2 heterocycles. The summed E-state index contributed by atoms with van der Waals surface area (Å²) in [6, 6.07) is 25.8. The first-order chi connectivity index (χ1) is 15.8. The minimum absolute atomic E-state index is 0.974. The summed E-state index contributed by atoms with van der Waals surface area (Å²) < 4.78 is 2.32. The van der Waals surface area contributed by atoms with Crippen LogP contribution in [0, 0.1) is 0 Å². The highest BCUT2D eigenvalue weighted by Gasteiger charge is 2.22. The smallest absolute Gasteiger partial charge is 0.148 e. The van der Waals surface area contributed by atoms with E-state index in [9.17, 15) is 0 Å². The minimum Gasteiger partial charge on any atom is -0.280 e. The summed E-state index contributed by atoms with van der Waals surface area (Å²) in [6.07, 6.45) is 6.39. The Labute approximate surface area is 186 Å². The number of aryl methyl sites for hydroxylation is 1. The molecule has 0 fully saturated rings. The Morgan fingerprint density at radius 2 is 1.34 bits per heavy atom. The zero-order chi connectivity index (χ0) is 21.2. The maximum absolute atomic E-state index is 5.28. The van der Waals surface area contributed by atoms with Gasteiger partial charge in [-0.2, -0.15) is 0 Å². The Balaban J connectivity index is 1.77. The van der Waals surface area contributed by atoms with E-state index in [-0.39, 0.29) is 0 Å². The summed E-state index contributed by atoms with van der Waals surface area (Å²) in [7, 11) is 2.22. The number of nitrogens with zero attached hydrogens (tertiary/aromatic N) is 3. The number of hydrogen-bond acceptors (Lipinski definition) is 2. The van der Waals surface area contributed by atoms with E-state index in [1.54, 1.807) is 0 Å². The molecule has 0 bridgehead atoms. The minimum atomic E-state index is 0.974. The van der Waals surface area contributed by atoms with E-state index in [2.05, 4.69) is 97.2 Å². The fraction of sp³-hybridized carbons (Fsp3) is 0.0714. The van der Waals surface area contributed by atoms with Crippen LogP contribution in [-0.2, 0) is 6.42 Å². The average Bonchev–Trinajstić information content (AvgIpc) is 3.24. The molecule has 4 aromatic carbocycles. The topological polar surface area (TPSA) is 30.2 Å². The number of rotatable bonds is 1. The third-order valence-corrected chi connectivity index (χ3v) is 6.83. The average molecular weight is 409 g/mol. The van der Waals surface area contributed by atoms with Gasteiger partial charge in [0.15, 0.2) is 0 Å². The fourth-order valence-corrected chi connectivity index (χ4v) is 5.35. The molecule has 3 nitrogen and oxygen atoms in total. The first-order valence-corrected chi connectivity index (χ1v) is 11.2. The number of imidazole rings is 1. The summed E-state index contributed by atoms with van der Waals surface area (Å²) in [5, 5.41) is 6.12. The molecular formula is C28H20BN3. The van der Waals surface area contributed by atoms with Gasteiger partial charge in [0.25, 0.3) is 0 Å². The van der Waals surface area contributed by atoms with E-state index in [0.717, 1.165) is 40.9 Å². The van der Waals surface area contributed by atoms with Gasteiger partial charge in [0.1, 0.15) is 19.3 Å². The van der Waals surface area contributed by atoms with Crippen molar-refractivity contribution in [3.05, 3.63) is 90.3 Å². The molecule has 4 heteroatoms. The lowest BCUT2D eigenvalue weighted by Gasteiger charge is -2.18. The fourth-order valence-electron chi connectivity index (χ4n) is 5.35. The quantitative estimate of drug-likeness (QED) is 0.280. The SMILES string of the molecule is Bc1c2ccccc2c(-c2nc3ccccc3c3nc4c(n23)CCC=C4)c2ccccc12. The first-order valence-electron chi connectivity index (χ1n) is 11.2. The Hall–Kier alpha value is -3.92. The van der Waals surface area contributed by atoms with Crippen LogP contribution >= 0.6 is 0 Å². The van der Waals surface area contributed by atoms with Crippen LogP contribution in [0.1, 0.15) is 17.8 Å². The lowest BCUT2D eigenvalue weighted by molar-refractivity contribution is 0.904. The van der Waals surface area contributed by atoms with Crippen LogP contribution in [0.4, 0.5) is 0 Å². The summed E-state index contributed by atoms with van der Waals surface area (Å²) in [5.41, 5.74) is 6.80. The number of aromatic nitrogens is 3. The number of fused-ring (bicyclic) bond motifs is 7. The predicted molar refractivity (Wildman–Crippen MR) is 136 cm³/mol. The van der Waals surface area contributed by atoms with E-state index < -0.39 is 0 Å². The van der Waals surface area contributed by atoms with E-state index >= 15 is 0 Å². The van der Waals surface area contributed by atoms with Crippen molar-refractivity contribution in [2.24, 2.45) is 0 Å². The maximum atomic E-state index is 5.28. The Morgan fingerprint density at radius 1 is 0.719 bits per heavy atom. The number of hydrogen-bond donors (Lipinski definition) is 0. The van der Waals surface area contributed by atoms with Gasteiger partial charge in [-0.25, -0.2) is 9.97 Å². The highest BCUT2D eigenvalue weighted by atomic mass is 15.1. The third-order valence-electron chi connectivity index (χ3n) is 6.83. The van der Waals surface area contributed by atoms with Gasteiger partial charge >= 0.3 is 0 Å². The van der Waals surface area contributed by atoms with Crippen LogP contribution in [0.2, 0.25) is 0 Å². The van der Waals surface area contributed by atoms with Gasteiger partial charge in [0.2, 0.25) is 0 Å². The van der Waals surface area contributed by atoms with Crippen molar-refractivity contribution in [1.82, 2.24) is 14.4 Å². The second kappa shape index (κ2) is 6.54. The molecule has 32 heavy (non-hydrogen) atoms. The zero-order valence-electron chi connectivity index (χ0n) is 17.8. The molecule has 0 atom stereocenters. The van der Waals surface area contributed by atoms with Gasteiger partial charge in [0.05, 0.1) is 16.9 Å². The summed E-state index contributed by atoms with van der Waals surface area (Å²) >= 11 is 0.